The van der Waals surface area contributed by atoms with Crippen molar-refractivity contribution in [2.45, 2.75) is 6.92 Å². The molecule has 0 unspecified atom stereocenters. The molecule has 1 fully saturated rings. The van der Waals surface area contributed by atoms with Gasteiger partial charge in [0.15, 0.2) is 6.61 Å². The van der Waals surface area contributed by atoms with E-state index >= 15 is 0 Å². The van der Waals surface area contributed by atoms with Gasteiger partial charge in [-0.3, -0.25) is 4.79 Å². The van der Waals surface area contributed by atoms with Crippen LogP contribution >= 0.6 is 11.8 Å². The first-order valence-corrected chi connectivity index (χ1v) is 6.96. The summed E-state index contributed by atoms with van der Waals surface area (Å²) in [5.41, 5.74) is 1.14. The third-order valence-electron chi connectivity index (χ3n) is 2.72. The Bertz CT molecular complexity index is 389. The highest BCUT2D eigenvalue weighted by Gasteiger charge is 2.16. The summed E-state index contributed by atoms with van der Waals surface area (Å²) in [7, 11) is 0. The van der Waals surface area contributed by atoms with E-state index in [0.717, 1.165) is 35.9 Å². The van der Waals surface area contributed by atoms with Crippen molar-refractivity contribution in [3.63, 3.8) is 0 Å². The summed E-state index contributed by atoms with van der Waals surface area (Å²) >= 11 is 1.90. The molecule has 0 radical (unpaired) electrons. The van der Waals surface area contributed by atoms with Crippen molar-refractivity contribution < 1.29 is 9.53 Å². The molecule has 1 aliphatic heterocycles. The van der Waals surface area contributed by atoms with E-state index < -0.39 is 0 Å². The van der Waals surface area contributed by atoms with Gasteiger partial charge in [-0.1, -0.05) is 12.1 Å². The molecule has 0 spiro atoms. The van der Waals surface area contributed by atoms with Crippen molar-refractivity contribution in [3.8, 4) is 5.75 Å². The lowest BCUT2D eigenvalue weighted by atomic mass is 10.2. The Labute approximate surface area is 106 Å². The van der Waals surface area contributed by atoms with Crippen LogP contribution in [0.4, 0.5) is 0 Å². The molecule has 0 aliphatic carbocycles. The van der Waals surface area contributed by atoms with E-state index in [-0.39, 0.29) is 12.5 Å². The van der Waals surface area contributed by atoms with Crippen molar-refractivity contribution in [1.82, 2.24) is 4.90 Å². The van der Waals surface area contributed by atoms with Gasteiger partial charge in [0, 0.05) is 24.6 Å². The van der Waals surface area contributed by atoms with E-state index in [1.54, 1.807) is 0 Å². The molecular formula is C13H17NO2S. The Morgan fingerprint density at radius 2 is 2.18 bits per heavy atom. The zero-order chi connectivity index (χ0) is 12.1. The molecule has 92 valence electrons. The standard InChI is InChI=1S/C13H17NO2S/c1-11-3-2-4-12(9-11)16-10-13(15)14-5-7-17-8-6-14/h2-4,9H,5-8,10H2,1H3. The Morgan fingerprint density at radius 3 is 2.88 bits per heavy atom. The van der Waals surface area contributed by atoms with Crippen molar-refractivity contribution >= 4 is 17.7 Å². The summed E-state index contributed by atoms with van der Waals surface area (Å²) in [5, 5.41) is 0. The second-order valence-electron chi connectivity index (χ2n) is 4.10. The van der Waals surface area contributed by atoms with E-state index in [0.29, 0.717) is 0 Å². The molecule has 2 rings (SSSR count). The fourth-order valence-electron chi connectivity index (χ4n) is 1.75. The molecule has 1 heterocycles. The van der Waals surface area contributed by atoms with Crippen molar-refractivity contribution in [2.75, 3.05) is 31.2 Å². The summed E-state index contributed by atoms with van der Waals surface area (Å²) in [6, 6.07) is 7.77. The van der Waals surface area contributed by atoms with Crippen molar-refractivity contribution in [1.29, 1.82) is 0 Å². The molecule has 1 aromatic rings. The van der Waals surface area contributed by atoms with Gasteiger partial charge in [-0.2, -0.15) is 11.8 Å². The number of hydrogen-bond acceptors (Lipinski definition) is 3. The fraction of sp³-hybridized carbons (Fsp3) is 0.462. The fourth-order valence-corrected chi connectivity index (χ4v) is 2.66. The summed E-state index contributed by atoms with van der Waals surface area (Å²) in [5.74, 6) is 2.93. The maximum Gasteiger partial charge on any atom is 0.260 e. The van der Waals surface area contributed by atoms with Gasteiger partial charge in [0.25, 0.3) is 5.91 Å². The second kappa shape index (κ2) is 5.96. The maximum absolute atomic E-state index is 11.8. The molecule has 0 aromatic heterocycles. The second-order valence-corrected chi connectivity index (χ2v) is 5.32. The number of amides is 1. The summed E-state index contributed by atoms with van der Waals surface area (Å²) in [6.45, 7) is 3.85. The highest BCUT2D eigenvalue weighted by Crippen LogP contribution is 2.13. The Morgan fingerprint density at radius 1 is 1.41 bits per heavy atom. The van der Waals surface area contributed by atoms with Gasteiger partial charge in [0.2, 0.25) is 0 Å². The first kappa shape index (κ1) is 12.3. The van der Waals surface area contributed by atoms with Crippen LogP contribution in [0.2, 0.25) is 0 Å². The quantitative estimate of drug-likeness (QED) is 0.822. The van der Waals surface area contributed by atoms with Crippen molar-refractivity contribution in [2.24, 2.45) is 0 Å². The monoisotopic (exact) mass is 251 g/mol. The van der Waals surface area contributed by atoms with Gasteiger partial charge in [-0.05, 0) is 24.6 Å². The van der Waals surface area contributed by atoms with Crippen LogP contribution in [0.25, 0.3) is 0 Å². The predicted molar refractivity (Wildman–Crippen MR) is 70.6 cm³/mol. The zero-order valence-electron chi connectivity index (χ0n) is 10.0. The maximum atomic E-state index is 11.8. The smallest absolute Gasteiger partial charge is 0.260 e. The predicted octanol–water partition coefficient (Wildman–Crippen LogP) is 1.95. The number of ether oxygens (including phenoxy) is 1. The van der Waals surface area contributed by atoms with Crippen LogP contribution in [0.15, 0.2) is 24.3 Å². The minimum Gasteiger partial charge on any atom is -0.484 e. The molecule has 0 bridgehead atoms. The van der Waals surface area contributed by atoms with Gasteiger partial charge in [-0.15, -0.1) is 0 Å². The molecule has 0 atom stereocenters. The van der Waals surface area contributed by atoms with Crippen LogP contribution in [0.1, 0.15) is 5.56 Å². The number of hydrogen-bond donors (Lipinski definition) is 0. The topological polar surface area (TPSA) is 29.5 Å². The van der Waals surface area contributed by atoms with Gasteiger partial charge in [-0.25, -0.2) is 0 Å². The van der Waals surface area contributed by atoms with E-state index in [4.69, 9.17) is 4.74 Å². The molecule has 1 aliphatic rings. The van der Waals surface area contributed by atoms with Gasteiger partial charge in [0.1, 0.15) is 5.75 Å². The summed E-state index contributed by atoms with van der Waals surface area (Å²) in [4.78, 5) is 13.7. The molecule has 3 nitrogen and oxygen atoms in total. The SMILES string of the molecule is Cc1cccc(OCC(=O)N2CCSCC2)c1. The van der Waals surface area contributed by atoms with Gasteiger partial charge in [0.05, 0.1) is 0 Å². The largest absolute Gasteiger partial charge is 0.484 e. The van der Waals surface area contributed by atoms with E-state index in [2.05, 4.69) is 0 Å². The molecule has 0 N–H and O–H groups in total. The highest BCUT2D eigenvalue weighted by molar-refractivity contribution is 7.99. The average molecular weight is 251 g/mol. The number of rotatable bonds is 3. The Balaban J connectivity index is 1.83. The number of thioether (sulfide) groups is 1. The first-order valence-electron chi connectivity index (χ1n) is 5.81. The minimum absolute atomic E-state index is 0.0896. The molecule has 0 saturated carbocycles. The molecule has 4 heteroatoms. The van der Waals surface area contributed by atoms with Crippen LogP contribution < -0.4 is 4.74 Å². The average Bonchev–Trinajstić information content (AvgIpc) is 2.37. The third-order valence-corrected chi connectivity index (χ3v) is 3.66. The normalized spacial score (nSPS) is 15.7. The summed E-state index contributed by atoms with van der Waals surface area (Å²) in [6.07, 6.45) is 0. The number of nitrogens with zero attached hydrogens (tertiary/aromatic N) is 1. The van der Waals surface area contributed by atoms with E-state index in [1.807, 2.05) is 47.9 Å². The lowest BCUT2D eigenvalue weighted by Crippen LogP contribution is -2.40. The molecule has 1 aromatic carbocycles. The number of carbonyl (C=O) groups is 1. The lowest BCUT2D eigenvalue weighted by Gasteiger charge is -2.26. The summed E-state index contributed by atoms with van der Waals surface area (Å²) < 4.78 is 5.50. The van der Waals surface area contributed by atoms with Crippen LogP contribution in [-0.4, -0.2) is 42.0 Å². The van der Waals surface area contributed by atoms with Gasteiger partial charge < -0.3 is 9.64 Å². The van der Waals surface area contributed by atoms with Crippen LogP contribution in [-0.2, 0) is 4.79 Å². The first-order chi connectivity index (χ1) is 8.25. The number of aryl methyl sites for hydroxylation is 1. The molecule has 1 saturated heterocycles. The third kappa shape index (κ3) is 3.66. The minimum atomic E-state index is 0.0896. The van der Waals surface area contributed by atoms with Crippen LogP contribution in [0.5, 0.6) is 5.75 Å². The number of benzene rings is 1. The van der Waals surface area contributed by atoms with Gasteiger partial charge >= 0.3 is 0 Å². The van der Waals surface area contributed by atoms with Crippen LogP contribution in [0, 0.1) is 6.92 Å². The molecule has 17 heavy (non-hydrogen) atoms. The Kier molecular flexibility index (Phi) is 4.31. The lowest BCUT2D eigenvalue weighted by molar-refractivity contribution is -0.132. The van der Waals surface area contributed by atoms with E-state index in [9.17, 15) is 4.79 Å². The van der Waals surface area contributed by atoms with Crippen molar-refractivity contribution in [3.05, 3.63) is 29.8 Å². The van der Waals surface area contributed by atoms with E-state index in [1.165, 1.54) is 0 Å². The number of carbonyl (C=O) groups excluding carboxylic acids is 1. The zero-order valence-corrected chi connectivity index (χ0v) is 10.8. The Hall–Kier alpha value is -1.16. The molecular weight excluding hydrogens is 234 g/mol. The highest BCUT2D eigenvalue weighted by atomic mass is 32.2. The van der Waals surface area contributed by atoms with Crippen LogP contribution in [0.3, 0.4) is 0 Å². The molecule has 1 amide bonds.